The van der Waals surface area contributed by atoms with Gasteiger partial charge in [-0.3, -0.25) is 19.6 Å². The normalized spacial score (nSPS) is 14.3. The van der Waals surface area contributed by atoms with E-state index in [1.165, 1.54) is 12.1 Å². The predicted molar refractivity (Wildman–Crippen MR) is 236 cm³/mol. The van der Waals surface area contributed by atoms with Crippen molar-refractivity contribution in [2.45, 2.75) is 32.4 Å². The number of carbonyl (C=O) groups excluding carboxylic acids is 1. The molecule has 62 heavy (non-hydrogen) atoms. The molecule has 3 heterocycles. The molecule has 2 aromatic heterocycles. The van der Waals surface area contributed by atoms with E-state index >= 15 is 8.78 Å². The van der Waals surface area contributed by atoms with Crippen molar-refractivity contribution in [2.24, 2.45) is 0 Å². The van der Waals surface area contributed by atoms with Gasteiger partial charge in [0.05, 0.1) is 36.0 Å². The summed E-state index contributed by atoms with van der Waals surface area (Å²) in [5.74, 6) is -0.419. The number of aliphatic hydroxyl groups is 1. The van der Waals surface area contributed by atoms with Crippen LogP contribution in [0.3, 0.4) is 0 Å². The number of aromatic nitrogens is 4. The number of rotatable bonds is 15. The van der Waals surface area contributed by atoms with Crippen LogP contribution in [0, 0.1) is 11.6 Å². The van der Waals surface area contributed by atoms with Gasteiger partial charge in [0.15, 0.2) is 0 Å². The zero-order chi connectivity index (χ0) is 43.2. The smallest absolute Gasteiger partial charge is 0.272 e. The lowest BCUT2D eigenvalue weighted by atomic mass is 9.87. The van der Waals surface area contributed by atoms with Crippen LogP contribution >= 0.6 is 11.6 Å². The Morgan fingerprint density at radius 1 is 0.871 bits per heavy atom. The van der Waals surface area contributed by atoms with Gasteiger partial charge in [-0.2, -0.15) is 10.2 Å². The van der Waals surface area contributed by atoms with Crippen molar-refractivity contribution in [3.05, 3.63) is 170 Å². The van der Waals surface area contributed by atoms with Crippen LogP contribution in [0.1, 0.15) is 59.5 Å². The largest absolute Gasteiger partial charge is 0.494 e. The first-order valence-corrected chi connectivity index (χ1v) is 20.9. The number of allylic oxidation sites excluding steroid dienone is 1. The first-order chi connectivity index (χ1) is 30.2. The molecule has 11 nitrogen and oxygen atoms in total. The van der Waals surface area contributed by atoms with E-state index in [0.717, 1.165) is 38.7 Å². The highest BCUT2D eigenvalue weighted by Gasteiger charge is 2.28. The molecule has 3 N–H and O–H groups in total. The van der Waals surface area contributed by atoms with Gasteiger partial charge in [0.1, 0.15) is 30.2 Å². The maximum atomic E-state index is 15.3. The summed E-state index contributed by atoms with van der Waals surface area (Å²) in [4.78, 5) is 28.6. The second-order valence-corrected chi connectivity index (χ2v) is 15.6. The number of nitrogens with zero attached hydrogens (tertiary/aromatic N) is 4. The maximum absolute atomic E-state index is 15.3. The van der Waals surface area contributed by atoms with E-state index in [1.54, 1.807) is 52.4 Å². The average Bonchev–Trinajstić information content (AvgIpc) is 3.77. The topological polar surface area (TPSA) is 137 Å². The fourth-order valence-electron chi connectivity index (χ4n) is 7.98. The van der Waals surface area contributed by atoms with E-state index in [4.69, 9.17) is 21.1 Å². The van der Waals surface area contributed by atoms with Crippen LogP contribution in [-0.4, -0.2) is 87.2 Å². The number of aromatic amines is 2. The Labute approximate surface area is 361 Å². The van der Waals surface area contributed by atoms with Gasteiger partial charge in [-0.15, -0.1) is 0 Å². The van der Waals surface area contributed by atoms with Crippen LogP contribution < -0.4 is 10.3 Å². The second kappa shape index (κ2) is 19.2. The maximum Gasteiger partial charge on any atom is 0.272 e. The molecule has 1 saturated heterocycles. The van der Waals surface area contributed by atoms with E-state index in [2.05, 4.69) is 20.4 Å². The van der Waals surface area contributed by atoms with Gasteiger partial charge in [-0.1, -0.05) is 67.1 Å². The minimum atomic E-state index is -1.20. The Morgan fingerprint density at radius 3 is 2.42 bits per heavy atom. The van der Waals surface area contributed by atoms with Crippen LogP contribution in [0.25, 0.3) is 32.8 Å². The Kier molecular flexibility index (Phi) is 13.1. The molecule has 0 bridgehead atoms. The van der Waals surface area contributed by atoms with Crippen LogP contribution in [-0.2, 0) is 16.0 Å². The molecular formula is C48H45ClF2N6O5. The Bertz CT molecular complexity index is 2800. The number of halogens is 3. The summed E-state index contributed by atoms with van der Waals surface area (Å²) in [5, 5.41) is 27.6. The number of H-pyrrole nitrogens is 2. The monoisotopic (exact) mass is 858 g/mol. The van der Waals surface area contributed by atoms with E-state index in [-0.39, 0.29) is 29.5 Å². The summed E-state index contributed by atoms with van der Waals surface area (Å²) in [5.41, 5.74) is 6.18. The molecule has 0 radical (unpaired) electrons. The van der Waals surface area contributed by atoms with Crippen molar-refractivity contribution < 1.29 is 28.2 Å². The Morgan fingerprint density at radius 2 is 1.65 bits per heavy atom. The zero-order valence-electron chi connectivity index (χ0n) is 34.0. The summed E-state index contributed by atoms with van der Waals surface area (Å²) in [7, 11) is 0. The van der Waals surface area contributed by atoms with Gasteiger partial charge in [0.25, 0.3) is 5.56 Å². The fourth-order valence-corrected chi connectivity index (χ4v) is 8.14. The highest BCUT2D eigenvalue weighted by Crippen LogP contribution is 2.37. The number of aliphatic hydroxyl groups excluding tert-OH is 1. The summed E-state index contributed by atoms with van der Waals surface area (Å²) in [6, 6.07) is 30.2. The highest BCUT2D eigenvalue weighted by molar-refractivity contribution is 6.30. The molecule has 1 aliphatic rings. The number of hydrogen-bond donors (Lipinski definition) is 3. The van der Waals surface area contributed by atoms with Gasteiger partial charge < -0.3 is 19.5 Å². The van der Waals surface area contributed by atoms with Gasteiger partial charge in [0.2, 0.25) is 5.91 Å². The minimum Gasteiger partial charge on any atom is -0.494 e. The molecule has 0 saturated carbocycles. The van der Waals surface area contributed by atoms with Gasteiger partial charge in [0, 0.05) is 65.9 Å². The van der Waals surface area contributed by atoms with Crippen LogP contribution in [0.2, 0.25) is 5.02 Å². The van der Waals surface area contributed by atoms with Crippen molar-refractivity contribution in [3.63, 3.8) is 0 Å². The molecule has 1 aliphatic heterocycles. The number of ether oxygens (including phenoxy) is 2. The number of carbonyl (C=O) groups is 1. The van der Waals surface area contributed by atoms with Crippen molar-refractivity contribution in [3.8, 4) is 5.75 Å². The second-order valence-electron chi connectivity index (χ2n) is 15.2. The molecule has 1 amide bonds. The lowest BCUT2D eigenvalue weighted by Crippen LogP contribution is -2.50. The lowest BCUT2D eigenvalue weighted by Gasteiger charge is -2.37. The Hall–Kier alpha value is -6.25. The van der Waals surface area contributed by atoms with Crippen molar-refractivity contribution >= 4 is 50.3 Å². The number of nitrogens with one attached hydrogen (secondary N) is 2. The average molecular weight is 859 g/mol. The van der Waals surface area contributed by atoms with E-state index in [1.807, 2.05) is 61.5 Å². The molecule has 14 heteroatoms. The number of amides is 1. The molecule has 318 valence electrons. The van der Waals surface area contributed by atoms with Crippen LogP contribution in [0.15, 0.2) is 114 Å². The molecule has 8 rings (SSSR count). The zero-order valence-corrected chi connectivity index (χ0v) is 34.8. The lowest BCUT2D eigenvalue weighted by molar-refractivity contribution is -0.140. The molecule has 0 spiro atoms. The first-order valence-electron chi connectivity index (χ1n) is 20.5. The summed E-state index contributed by atoms with van der Waals surface area (Å²) < 4.78 is 42.1. The van der Waals surface area contributed by atoms with Gasteiger partial charge in [-0.05, 0) is 88.9 Å². The standard InChI is InChI=1S/C48H45ClF2N6O5/c1-2-36(37-15-12-34(49)27-42(37)51)46(32-11-17-43-33(26-32)28-52-53-43)31-9-13-35(14-10-31)62-23-5-22-61-29-45(58)56-18-20-57(21-19-56)48(60)40-24-30(8-16-41(40)50)25-44-38-6-3-4-7-39(38)47(59)55-54-44/h3-4,6-17,24,26-28,48,60H,2,5,18-23,25,29H2,1H3,(H,52,53)(H,55,59)/b46-36+. The summed E-state index contributed by atoms with van der Waals surface area (Å²) in [6.07, 6.45) is 2.02. The van der Waals surface area contributed by atoms with Crippen molar-refractivity contribution in [1.82, 2.24) is 30.2 Å². The third kappa shape index (κ3) is 9.46. The van der Waals surface area contributed by atoms with E-state index in [9.17, 15) is 14.7 Å². The van der Waals surface area contributed by atoms with E-state index < -0.39 is 12.0 Å². The molecule has 7 aromatic rings. The third-order valence-corrected chi connectivity index (χ3v) is 11.4. The quantitative estimate of drug-likeness (QED) is 0.0693. The number of hydrogen-bond acceptors (Lipinski definition) is 8. The Balaban J connectivity index is 0.811. The van der Waals surface area contributed by atoms with Gasteiger partial charge in [-0.25, -0.2) is 13.9 Å². The van der Waals surface area contributed by atoms with E-state index in [0.29, 0.717) is 91.5 Å². The predicted octanol–water partition coefficient (Wildman–Crippen LogP) is 8.31. The molecule has 0 aliphatic carbocycles. The summed E-state index contributed by atoms with van der Waals surface area (Å²) in [6.45, 7) is 4.02. The number of fused-ring (bicyclic) bond motifs is 2. The highest BCUT2D eigenvalue weighted by atomic mass is 35.5. The summed E-state index contributed by atoms with van der Waals surface area (Å²) >= 11 is 6.10. The first kappa shape index (κ1) is 42.4. The van der Waals surface area contributed by atoms with Crippen molar-refractivity contribution in [2.75, 3.05) is 46.0 Å². The molecule has 5 aromatic carbocycles. The fraction of sp³-hybridized carbons (Fsp3) is 0.250. The third-order valence-electron chi connectivity index (χ3n) is 11.2. The van der Waals surface area contributed by atoms with Crippen LogP contribution in [0.5, 0.6) is 5.75 Å². The SMILES string of the molecule is CC/C(=C(/c1ccc(OCCCOCC(=O)N2CCN(C(O)c3cc(Cc4n[nH]c(=O)c5ccccc45)ccc3F)CC2)cc1)c1ccc2[nH]ncc2c1)c1ccc(Cl)cc1F. The number of piperazine rings is 1. The molecule has 1 fully saturated rings. The van der Waals surface area contributed by atoms with Crippen molar-refractivity contribution in [1.29, 1.82) is 0 Å². The van der Waals surface area contributed by atoms with Crippen LogP contribution in [0.4, 0.5) is 8.78 Å². The van der Waals surface area contributed by atoms with Gasteiger partial charge >= 0.3 is 0 Å². The number of benzene rings is 5. The minimum absolute atomic E-state index is 0.0882. The molecular weight excluding hydrogens is 814 g/mol. The molecule has 1 unspecified atom stereocenters. The molecule has 1 atom stereocenters.